The molecule has 5 aromatic carbocycles. The SMILES string of the molecule is Nc1nc2ncc(CNc3ccc(C(=O)NCCCC(=O)CCC(N)C(=O)CC(CC(=O)O)C(=O)NC(CSSCCC(=O)Nc4ccc5[nH]c(C(=O)Nc6ccc7[nH]c(C(=O)N8CC(CCl)c9c8cc(O)c8ccccc98)cc7c6)cc5c4)C(=O)O)cc3)nc2c(=O)[nH]1. The van der Waals surface area contributed by atoms with Crippen molar-refractivity contribution in [1.29, 1.82) is 0 Å². The number of hydrogen-bond acceptors (Lipinski definition) is 19. The Kier molecular flexibility index (Phi) is 21.2. The van der Waals surface area contributed by atoms with Crippen LogP contribution >= 0.6 is 33.2 Å². The topological polar surface area (TPSA) is 433 Å². The molecule has 10 rings (SSSR count). The molecule has 4 atom stereocenters. The molecule has 1 aliphatic heterocycles. The second kappa shape index (κ2) is 29.9. The minimum absolute atomic E-state index is 0.0168. The standard InChI is InChI=1S/C64H63ClN14O13S2/c65-27-36-30-79(50-26-51(81)42-5-1-2-6-43(42)55(36)50)62(90)48-23-34-21-39(12-16-46(34)75-48)73-60(88)47-22-33-20-38(11-15-45(33)74-47)71-53(83)17-19-93-94-31-49(63(91)92)76-59(87)35(25-54(84)85)24-52(82)44(66)14-13-41(80)4-3-18-68-58(86)32-7-9-37(10-8-32)69-28-40-29-70-57-56(72-40)61(89)78-64(67)77-57/h1-2,5-12,15-16,20-23,26,29,35-36,44,49,69,74-75,81H,3-4,13-14,17-19,24-25,27-28,30-31,66H2,(H,68,86)(H,71,83)(H,73,88)(H,76,87)(H,84,85)(H,91,92)(H3,67,70,77,78,89). The number of aromatic hydroxyl groups is 1. The quantitative estimate of drug-likeness (QED) is 0.0120. The van der Waals surface area contributed by atoms with Gasteiger partial charge in [0.1, 0.15) is 34.7 Å². The maximum absolute atomic E-state index is 14.0. The summed E-state index contributed by atoms with van der Waals surface area (Å²) in [6.45, 7) is 0.728. The molecule has 0 saturated heterocycles. The van der Waals surface area contributed by atoms with E-state index in [2.05, 4.69) is 56.5 Å². The van der Waals surface area contributed by atoms with Crippen LogP contribution in [0.2, 0.25) is 0 Å². The summed E-state index contributed by atoms with van der Waals surface area (Å²) < 4.78 is 0. The molecule has 0 aliphatic carbocycles. The number of halogens is 1. The van der Waals surface area contributed by atoms with Crippen LogP contribution in [-0.2, 0) is 35.3 Å². The van der Waals surface area contributed by atoms with E-state index in [1.807, 2.05) is 24.3 Å². The van der Waals surface area contributed by atoms with Crippen molar-refractivity contribution < 1.29 is 58.5 Å². The van der Waals surface area contributed by atoms with Crippen molar-refractivity contribution in [3.63, 3.8) is 0 Å². The number of rotatable bonds is 30. The maximum Gasteiger partial charge on any atom is 0.327 e. The van der Waals surface area contributed by atoms with E-state index < -0.39 is 65.9 Å². The summed E-state index contributed by atoms with van der Waals surface area (Å²) >= 11 is 6.41. The molecular weight excluding hydrogens is 1270 g/mol. The first-order valence-electron chi connectivity index (χ1n) is 29.6. The van der Waals surface area contributed by atoms with E-state index in [1.165, 1.54) is 17.0 Å². The third-order valence-corrected chi connectivity index (χ3v) is 18.4. The van der Waals surface area contributed by atoms with Gasteiger partial charge in [0.15, 0.2) is 11.2 Å². The van der Waals surface area contributed by atoms with Crippen molar-refractivity contribution in [1.82, 2.24) is 40.5 Å². The molecule has 486 valence electrons. The summed E-state index contributed by atoms with van der Waals surface area (Å²) in [6.07, 6.45) is 0.208. The van der Waals surface area contributed by atoms with Crippen LogP contribution in [0.15, 0.2) is 114 Å². The number of nitrogen functional groups attached to an aromatic ring is 1. The zero-order chi connectivity index (χ0) is 66.7. The molecule has 94 heavy (non-hydrogen) atoms. The highest BCUT2D eigenvalue weighted by Gasteiger charge is 2.36. The van der Waals surface area contributed by atoms with Gasteiger partial charge in [-0.15, -0.1) is 11.6 Å². The lowest BCUT2D eigenvalue weighted by atomic mass is 9.92. The van der Waals surface area contributed by atoms with E-state index in [-0.39, 0.29) is 121 Å². The third kappa shape index (κ3) is 16.3. The number of nitrogens with zero attached hydrogens (tertiary/aromatic N) is 4. The molecule has 1 aliphatic rings. The van der Waals surface area contributed by atoms with E-state index in [4.69, 9.17) is 23.1 Å². The number of ketones is 2. The van der Waals surface area contributed by atoms with Crippen molar-refractivity contribution in [3.8, 4) is 5.75 Å². The van der Waals surface area contributed by atoms with Crippen LogP contribution in [0.5, 0.6) is 5.75 Å². The van der Waals surface area contributed by atoms with Crippen LogP contribution in [0.4, 0.5) is 28.7 Å². The van der Waals surface area contributed by atoms with Crippen LogP contribution in [0.1, 0.15) is 93.5 Å². The number of benzene rings is 5. The predicted octanol–water partition coefficient (Wildman–Crippen LogP) is 7.18. The highest BCUT2D eigenvalue weighted by molar-refractivity contribution is 8.76. The van der Waals surface area contributed by atoms with Gasteiger partial charge in [-0.1, -0.05) is 45.9 Å². The normalized spacial score (nSPS) is 13.7. The molecule has 0 spiro atoms. The average molecular weight is 1340 g/mol. The Morgan fingerprint density at radius 1 is 0.766 bits per heavy atom. The first-order valence-corrected chi connectivity index (χ1v) is 32.6. The number of nitrogens with one attached hydrogen (secondary N) is 8. The molecule has 9 aromatic rings. The minimum Gasteiger partial charge on any atom is -0.507 e. The molecule has 4 unspecified atom stereocenters. The van der Waals surface area contributed by atoms with E-state index in [0.29, 0.717) is 73.4 Å². The Balaban J connectivity index is 0.614. The highest BCUT2D eigenvalue weighted by Crippen LogP contribution is 2.46. The Bertz CT molecular complexity index is 4500. The number of carbonyl (C=O) groups excluding carboxylic acids is 7. The van der Waals surface area contributed by atoms with Crippen LogP contribution in [0.25, 0.3) is 43.7 Å². The lowest BCUT2D eigenvalue weighted by molar-refractivity contribution is -0.144. The van der Waals surface area contributed by atoms with E-state index in [9.17, 15) is 63.3 Å². The van der Waals surface area contributed by atoms with Crippen molar-refractivity contribution in [2.45, 2.75) is 69.5 Å². The molecule has 30 heteroatoms. The van der Waals surface area contributed by atoms with Crippen molar-refractivity contribution in [2.75, 3.05) is 57.1 Å². The Morgan fingerprint density at radius 3 is 2.17 bits per heavy atom. The molecule has 5 amide bonds. The molecule has 27 nitrogen and oxygen atoms in total. The van der Waals surface area contributed by atoms with Gasteiger partial charge in [-0.2, -0.15) is 4.98 Å². The van der Waals surface area contributed by atoms with Gasteiger partial charge in [0.25, 0.3) is 23.3 Å². The molecule has 5 heterocycles. The zero-order valence-electron chi connectivity index (χ0n) is 50.0. The number of carboxylic acid groups (broad SMARTS) is 2. The second-order valence-corrected chi connectivity index (χ2v) is 25.2. The molecule has 0 fully saturated rings. The van der Waals surface area contributed by atoms with Crippen LogP contribution in [0, 0.1) is 5.92 Å². The van der Waals surface area contributed by atoms with Gasteiger partial charge in [-0.05, 0) is 96.6 Å². The van der Waals surface area contributed by atoms with Crippen LogP contribution in [0.3, 0.4) is 0 Å². The molecule has 0 radical (unpaired) electrons. The Morgan fingerprint density at radius 2 is 1.46 bits per heavy atom. The predicted molar refractivity (Wildman–Crippen MR) is 358 cm³/mol. The number of Topliss-reactive ketones (excluding diaryl/α,β-unsaturated/α-hetero) is 2. The Labute approximate surface area is 546 Å². The van der Waals surface area contributed by atoms with E-state index >= 15 is 0 Å². The number of alkyl halides is 1. The van der Waals surface area contributed by atoms with Gasteiger partial charge in [-0.25, -0.2) is 14.8 Å². The molecule has 0 bridgehead atoms. The number of hydrogen-bond donors (Lipinski definition) is 13. The van der Waals surface area contributed by atoms with E-state index in [0.717, 1.165) is 21.7 Å². The monoisotopic (exact) mass is 1330 g/mol. The third-order valence-electron chi connectivity index (χ3n) is 15.6. The van der Waals surface area contributed by atoms with Gasteiger partial charge >= 0.3 is 11.9 Å². The number of phenolic OH excluding ortho intramolecular Hbond substituents is 1. The smallest absolute Gasteiger partial charge is 0.327 e. The summed E-state index contributed by atoms with van der Waals surface area (Å²) in [5.74, 6) is -7.49. The van der Waals surface area contributed by atoms with Gasteiger partial charge < -0.3 is 68.2 Å². The fraction of sp³-hybridized carbons (Fsp3) is 0.266. The maximum atomic E-state index is 14.0. The molecule has 4 aromatic heterocycles. The summed E-state index contributed by atoms with van der Waals surface area (Å²) in [5, 5.41) is 47.1. The summed E-state index contributed by atoms with van der Waals surface area (Å²) in [7, 11) is 2.22. The number of carboxylic acids is 2. The van der Waals surface area contributed by atoms with Crippen molar-refractivity contribution >= 4 is 159 Å². The lowest BCUT2D eigenvalue weighted by Crippen LogP contribution is -2.46. The number of aromatic nitrogens is 6. The Hall–Kier alpha value is -10.4. The molecule has 0 saturated carbocycles. The van der Waals surface area contributed by atoms with Gasteiger partial charge in [-0.3, -0.25) is 48.1 Å². The van der Waals surface area contributed by atoms with Gasteiger partial charge in [0, 0.05) is 118 Å². The van der Waals surface area contributed by atoms with Crippen LogP contribution < -0.4 is 48.5 Å². The summed E-state index contributed by atoms with van der Waals surface area (Å²) in [5.41, 5.74) is 17.1. The number of phenols is 1. The first-order chi connectivity index (χ1) is 45.2. The van der Waals surface area contributed by atoms with Gasteiger partial charge in [0.05, 0.1) is 42.5 Å². The number of aliphatic carboxylic acids is 2. The summed E-state index contributed by atoms with van der Waals surface area (Å²) in [4.78, 5) is 151. The zero-order valence-corrected chi connectivity index (χ0v) is 52.3. The van der Waals surface area contributed by atoms with E-state index in [1.54, 1.807) is 83.8 Å². The number of fused-ring (bicyclic) bond motifs is 6. The number of amides is 5. The minimum atomic E-state index is -1.48. The highest BCUT2D eigenvalue weighted by atomic mass is 35.5. The molecule has 15 N–H and O–H groups in total. The summed E-state index contributed by atoms with van der Waals surface area (Å²) in [6, 6.07) is 26.5. The van der Waals surface area contributed by atoms with Crippen LogP contribution in [-0.4, -0.2) is 141 Å². The second-order valence-electron chi connectivity index (χ2n) is 22.3. The number of carbonyl (C=O) groups is 9. The number of anilines is 5. The largest absolute Gasteiger partial charge is 0.507 e. The number of H-pyrrole nitrogens is 3. The lowest BCUT2D eigenvalue weighted by Gasteiger charge is -2.20. The first kappa shape index (κ1) is 66.6. The number of aromatic amines is 3. The van der Waals surface area contributed by atoms with Crippen molar-refractivity contribution in [2.24, 2.45) is 11.7 Å². The molecular formula is C64H63ClN14O13S2. The fourth-order valence-corrected chi connectivity index (χ4v) is 13.2. The van der Waals surface area contributed by atoms with Gasteiger partial charge in [0.2, 0.25) is 17.8 Å². The average Bonchev–Trinajstić information content (AvgIpc) is 1.60. The fourth-order valence-electron chi connectivity index (χ4n) is 10.8. The number of nitrogens with two attached hydrogens (primary N) is 2. The van der Waals surface area contributed by atoms with Crippen molar-refractivity contribution in [3.05, 3.63) is 148 Å².